The highest BCUT2D eigenvalue weighted by atomic mass is 79.9. The fraction of sp³-hybridized carbons (Fsp3) is 0. The van der Waals surface area contributed by atoms with Crippen LogP contribution in [0.2, 0.25) is 5.02 Å². The van der Waals surface area contributed by atoms with E-state index in [0.29, 0.717) is 11.4 Å². The van der Waals surface area contributed by atoms with Crippen molar-refractivity contribution in [3.63, 3.8) is 0 Å². The Hall–Kier alpha value is -0.540. The monoisotopic (exact) mass is 233 g/mol. The third-order valence-corrected chi connectivity index (χ3v) is 1.99. The highest BCUT2D eigenvalue weighted by Crippen LogP contribution is 2.18. The van der Waals surface area contributed by atoms with Crippen molar-refractivity contribution in [2.75, 3.05) is 3.93 Å². The molecule has 58 valence electrons. The van der Waals surface area contributed by atoms with Crippen molar-refractivity contribution >= 4 is 39.8 Å². The lowest BCUT2D eigenvalue weighted by atomic mass is 10.3. The summed E-state index contributed by atoms with van der Waals surface area (Å²) in [6, 6.07) is 6.92. The smallest absolute Gasteiger partial charge is 0.224 e. The molecular formula is C7H5BrClNO. The number of benzene rings is 1. The minimum atomic E-state index is 0.653. The first kappa shape index (κ1) is 8.56. The minimum absolute atomic E-state index is 0.653. The number of hydrogen-bond donors (Lipinski definition) is 0. The van der Waals surface area contributed by atoms with Crippen LogP contribution >= 0.6 is 27.7 Å². The Morgan fingerprint density at radius 3 is 2.36 bits per heavy atom. The molecule has 0 N–H and O–H groups in total. The largest absolute Gasteiger partial charge is 0.277 e. The lowest BCUT2D eigenvalue weighted by molar-refractivity contribution is -0.106. The van der Waals surface area contributed by atoms with Crippen LogP contribution in [0.3, 0.4) is 0 Å². The molecule has 11 heavy (non-hydrogen) atoms. The van der Waals surface area contributed by atoms with Gasteiger partial charge in [0.2, 0.25) is 6.41 Å². The van der Waals surface area contributed by atoms with Gasteiger partial charge in [-0.25, -0.2) is 3.93 Å². The first-order valence-electron chi connectivity index (χ1n) is 2.90. The van der Waals surface area contributed by atoms with Crippen LogP contribution in [0, 0.1) is 0 Å². The summed E-state index contributed by atoms with van der Waals surface area (Å²) in [6.45, 7) is 0. The number of carbonyl (C=O) groups is 1. The van der Waals surface area contributed by atoms with Gasteiger partial charge >= 0.3 is 0 Å². The zero-order valence-electron chi connectivity index (χ0n) is 5.50. The Balaban J connectivity index is 2.89. The Bertz CT molecular complexity index is 249. The Morgan fingerprint density at radius 1 is 1.36 bits per heavy atom. The van der Waals surface area contributed by atoms with Crippen molar-refractivity contribution in [2.24, 2.45) is 0 Å². The van der Waals surface area contributed by atoms with Crippen molar-refractivity contribution in [1.82, 2.24) is 0 Å². The minimum Gasteiger partial charge on any atom is -0.277 e. The molecule has 4 heteroatoms. The van der Waals surface area contributed by atoms with Crippen molar-refractivity contribution in [1.29, 1.82) is 0 Å². The zero-order chi connectivity index (χ0) is 8.27. The summed E-state index contributed by atoms with van der Waals surface area (Å²) in [7, 11) is 0. The maximum atomic E-state index is 10.2. The molecule has 1 rings (SSSR count). The van der Waals surface area contributed by atoms with Crippen LogP contribution in [0.4, 0.5) is 5.69 Å². The van der Waals surface area contributed by atoms with Crippen LogP contribution in [0.25, 0.3) is 0 Å². The third kappa shape index (κ3) is 2.20. The number of carbonyl (C=O) groups excluding carboxylic acids is 1. The quantitative estimate of drug-likeness (QED) is 0.569. The Kier molecular flexibility index (Phi) is 2.91. The summed E-state index contributed by atoms with van der Waals surface area (Å²) in [4.78, 5) is 10.2. The predicted octanol–water partition coefficient (Wildman–Crippen LogP) is 2.61. The van der Waals surface area contributed by atoms with Crippen LogP contribution < -0.4 is 3.93 Å². The molecule has 0 fully saturated rings. The second-order valence-corrected chi connectivity index (χ2v) is 3.09. The summed E-state index contributed by atoms with van der Waals surface area (Å²) in [5.41, 5.74) is 0.754. The highest BCUT2D eigenvalue weighted by molar-refractivity contribution is 9.10. The Morgan fingerprint density at radius 2 is 1.91 bits per heavy atom. The Labute approximate surface area is 78.1 Å². The van der Waals surface area contributed by atoms with E-state index in [1.54, 1.807) is 24.3 Å². The van der Waals surface area contributed by atoms with E-state index in [0.717, 1.165) is 5.69 Å². The van der Waals surface area contributed by atoms with Crippen molar-refractivity contribution in [3.05, 3.63) is 29.3 Å². The number of halogens is 2. The molecule has 1 aromatic carbocycles. The van der Waals surface area contributed by atoms with E-state index in [2.05, 4.69) is 16.1 Å². The fourth-order valence-corrected chi connectivity index (χ4v) is 1.01. The van der Waals surface area contributed by atoms with Crippen molar-refractivity contribution < 1.29 is 4.79 Å². The maximum absolute atomic E-state index is 10.2. The third-order valence-electron chi connectivity index (χ3n) is 1.17. The molecule has 0 spiro atoms. The zero-order valence-corrected chi connectivity index (χ0v) is 7.84. The molecule has 0 unspecified atom stereocenters. The number of nitrogens with zero attached hydrogens (tertiary/aromatic N) is 1. The van der Waals surface area contributed by atoms with Crippen LogP contribution in [-0.4, -0.2) is 6.41 Å². The molecule has 2 nitrogen and oxygen atoms in total. The summed E-state index contributed by atoms with van der Waals surface area (Å²) < 4.78 is 1.29. The number of anilines is 1. The molecule has 0 aliphatic heterocycles. The van der Waals surface area contributed by atoms with E-state index in [9.17, 15) is 4.79 Å². The average Bonchev–Trinajstić information content (AvgIpc) is 2.05. The molecule has 0 aliphatic rings. The summed E-state index contributed by atoms with van der Waals surface area (Å²) in [5, 5.41) is 0.653. The van der Waals surface area contributed by atoms with Gasteiger partial charge in [-0.3, -0.25) is 4.79 Å². The summed E-state index contributed by atoms with van der Waals surface area (Å²) in [6.07, 6.45) is 0.670. The van der Waals surface area contributed by atoms with Gasteiger partial charge in [0.1, 0.15) is 0 Å². The molecular weight excluding hydrogens is 229 g/mol. The fourth-order valence-electron chi connectivity index (χ4n) is 0.644. The van der Waals surface area contributed by atoms with Crippen LogP contribution in [-0.2, 0) is 4.79 Å². The van der Waals surface area contributed by atoms with E-state index in [-0.39, 0.29) is 0 Å². The molecule has 0 aromatic heterocycles. The highest BCUT2D eigenvalue weighted by Gasteiger charge is 1.98. The molecule has 0 aliphatic carbocycles. The number of rotatable bonds is 2. The van der Waals surface area contributed by atoms with Crippen LogP contribution in [0.15, 0.2) is 24.3 Å². The second-order valence-electron chi connectivity index (χ2n) is 1.89. The first-order chi connectivity index (χ1) is 5.24. The normalized spacial score (nSPS) is 9.27. The van der Waals surface area contributed by atoms with E-state index < -0.39 is 0 Å². The van der Waals surface area contributed by atoms with Gasteiger partial charge in [-0.05, 0) is 24.3 Å². The van der Waals surface area contributed by atoms with E-state index in [1.807, 2.05) is 0 Å². The van der Waals surface area contributed by atoms with Gasteiger partial charge < -0.3 is 0 Å². The molecule has 0 bridgehead atoms. The molecule has 0 atom stereocenters. The maximum Gasteiger partial charge on any atom is 0.224 e. The molecule has 0 radical (unpaired) electrons. The topological polar surface area (TPSA) is 20.3 Å². The van der Waals surface area contributed by atoms with Gasteiger partial charge in [-0.15, -0.1) is 0 Å². The molecule has 0 saturated heterocycles. The van der Waals surface area contributed by atoms with Crippen molar-refractivity contribution in [2.45, 2.75) is 0 Å². The predicted molar refractivity (Wildman–Crippen MR) is 48.9 cm³/mol. The van der Waals surface area contributed by atoms with Gasteiger partial charge in [0.25, 0.3) is 0 Å². The SMILES string of the molecule is O=CN(Br)c1ccc(Cl)cc1. The second kappa shape index (κ2) is 3.74. The van der Waals surface area contributed by atoms with Gasteiger partial charge in [0.05, 0.1) is 21.8 Å². The van der Waals surface area contributed by atoms with Crippen LogP contribution in [0.5, 0.6) is 0 Å². The van der Waals surface area contributed by atoms with E-state index in [4.69, 9.17) is 11.6 Å². The molecule has 1 aromatic rings. The molecule has 1 amide bonds. The van der Waals surface area contributed by atoms with Gasteiger partial charge in [-0.2, -0.15) is 0 Å². The number of amides is 1. The van der Waals surface area contributed by atoms with Gasteiger partial charge in [-0.1, -0.05) is 11.6 Å². The number of hydrogen-bond acceptors (Lipinski definition) is 1. The lowest BCUT2D eigenvalue weighted by Gasteiger charge is -2.06. The van der Waals surface area contributed by atoms with E-state index >= 15 is 0 Å². The first-order valence-corrected chi connectivity index (χ1v) is 3.98. The van der Waals surface area contributed by atoms with E-state index in [1.165, 1.54) is 3.93 Å². The average molecular weight is 234 g/mol. The van der Waals surface area contributed by atoms with Gasteiger partial charge in [0, 0.05) is 5.02 Å². The van der Waals surface area contributed by atoms with Crippen molar-refractivity contribution in [3.8, 4) is 0 Å². The standard InChI is InChI=1S/C7H5BrClNO/c8-10(5-11)7-3-1-6(9)2-4-7/h1-5H. The lowest BCUT2D eigenvalue weighted by Crippen LogP contribution is -2.04. The van der Waals surface area contributed by atoms with Crippen LogP contribution in [0.1, 0.15) is 0 Å². The summed E-state index contributed by atoms with van der Waals surface area (Å²) >= 11 is 8.67. The molecule has 0 saturated carbocycles. The van der Waals surface area contributed by atoms with Gasteiger partial charge in [0.15, 0.2) is 0 Å². The molecule has 0 heterocycles. The summed E-state index contributed by atoms with van der Waals surface area (Å²) in [5.74, 6) is 0.